The maximum absolute atomic E-state index is 12.4. The summed E-state index contributed by atoms with van der Waals surface area (Å²) < 4.78 is 11.9. The summed E-state index contributed by atoms with van der Waals surface area (Å²) in [4.78, 5) is 38.5. The van der Waals surface area contributed by atoms with Gasteiger partial charge in [0.2, 0.25) is 0 Å². The van der Waals surface area contributed by atoms with Crippen LogP contribution in [0.4, 0.5) is 4.79 Å². The quantitative estimate of drug-likeness (QED) is 0.463. The van der Waals surface area contributed by atoms with E-state index in [0.717, 1.165) is 15.4 Å². The van der Waals surface area contributed by atoms with Crippen molar-refractivity contribution in [3.8, 4) is 11.5 Å². The Kier molecular flexibility index (Phi) is 6.48. The molecule has 0 bridgehead atoms. The van der Waals surface area contributed by atoms with E-state index in [1.165, 1.54) is 27.3 Å². The van der Waals surface area contributed by atoms with Crippen LogP contribution in [0.2, 0.25) is 5.02 Å². The summed E-state index contributed by atoms with van der Waals surface area (Å²) in [6.07, 6.45) is 1.41. The standard InChI is InChI=1S/C21H18BrClN2O5/c1-24-19(26)14(20(27)25(2)21(24)28)8-12-9-15(22)18(17(10-12)29-3)30-11-13-6-4-5-7-16(13)23/h4-10H,11H2,1-3H3. The van der Waals surface area contributed by atoms with Crippen LogP contribution >= 0.6 is 27.5 Å². The van der Waals surface area contributed by atoms with Crippen LogP contribution in [0.5, 0.6) is 11.5 Å². The maximum Gasteiger partial charge on any atom is 0.333 e. The summed E-state index contributed by atoms with van der Waals surface area (Å²) in [5.74, 6) is -0.489. The number of likely N-dealkylation sites (N-methyl/N-ethyl adjacent to an activating group) is 2. The highest BCUT2D eigenvalue weighted by Gasteiger charge is 2.37. The molecule has 1 fully saturated rings. The fourth-order valence-corrected chi connectivity index (χ4v) is 3.63. The van der Waals surface area contributed by atoms with Crippen molar-refractivity contribution in [2.45, 2.75) is 6.61 Å². The number of rotatable bonds is 5. The van der Waals surface area contributed by atoms with Crippen molar-refractivity contribution in [1.82, 2.24) is 9.80 Å². The molecule has 3 rings (SSSR count). The van der Waals surface area contributed by atoms with Gasteiger partial charge in [-0.15, -0.1) is 0 Å². The Bertz CT molecular complexity index is 1040. The second-order valence-corrected chi connectivity index (χ2v) is 7.74. The Balaban J connectivity index is 1.93. The lowest BCUT2D eigenvalue weighted by Gasteiger charge is -2.28. The molecule has 0 aromatic heterocycles. The minimum absolute atomic E-state index is 0.127. The summed E-state index contributed by atoms with van der Waals surface area (Å²) >= 11 is 9.62. The first-order valence-electron chi connectivity index (χ1n) is 8.80. The Hall–Kier alpha value is -2.84. The zero-order valence-electron chi connectivity index (χ0n) is 16.4. The van der Waals surface area contributed by atoms with Gasteiger partial charge >= 0.3 is 6.03 Å². The first-order valence-corrected chi connectivity index (χ1v) is 9.97. The van der Waals surface area contributed by atoms with E-state index in [4.69, 9.17) is 21.1 Å². The number of imide groups is 2. The largest absolute Gasteiger partial charge is 0.493 e. The number of halogens is 2. The molecule has 4 amide bonds. The third kappa shape index (κ3) is 4.20. The van der Waals surface area contributed by atoms with Gasteiger partial charge in [-0.2, -0.15) is 0 Å². The van der Waals surface area contributed by atoms with Crippen LogP contribution in [-0.4, -0.2) is 48.9 Å². The molecule has 0 atom stereocenters. The lowest BCUT2D eigenvalue weighted by atomic mass is 10.1. The molecule has 156 valence electrons. The van der Waals surface area contributed by atoms with Crippen molar-refractivity contribution in [2.24, 2.45) is 0 Å². The Morgan fingerprint density at radius 2 is 1.70 bits per heavy atom. The molecule has 2 aromatic rings. The normalized spacial score (nSPS) is 14.3. The fraction of sp³-hybridized carbons (Fsp3) is 0.190. The van der Waals surface area contributed by atoms with Crippen LogP contribution < -0.4 is 9.47 Å². The molecule has 1 heterocycles. The molecule has 0 unspecified atom stereocenters. The van der Waals surface area contributed by atoms with Crippen molar-refractivity contribution in [3.05, 3.63) is 62.6 Å². The highest BCUT2D eigenvalue weighted by atomic mass is 79.9. The number of barbiturate groups is 1. The molecule has 0 spiro atoms. The van der Waals surface area contributed by atoms with Crippen LogP contribution in [0.25, 0.3) is 6.08 Å². The summed E-state index contributed by atoms with van der Waals surface area (Å²) in [6.45, 7) is 0.226. The first kappa shape index (κ1) is 21.9. The highest BCUT2D eigenvalue weighted by molar-refractivity contribution is 9.10. The number of carbonyl (C=O) groups excluding carboxylic acids is 3. The highest BCUT2D eigenvalue weighted by Crippen LogP contribution is 2.38. The number of ether oxygens (including phenoxy) is 2. The predicted octanol–water partition coefficient (Wildman–Crippen LogP) is 4.12. The Morgan fingerprint density at radius 1 is 1.07 bits per heavy atom. The molecule has 1 aliphatic heterocycles. The molecule has 0 aliphatic carbocycles. The monoisotopic (exact) mass is 492 g/mol. The predicted molar refractivity (Wildman–Crippen MR) is 115 cm³/mol. The first-order chi connectivity index (χ1) is 14.2. The van der Waals surface area contributed by atoms with E-state index in [-0.39, 0.29) is 12.2 Å². The molecular formula is C21H18BrClN2O5. The van der Waals surface area contributed by atoms with E-state index in [1.807, 2.05) is 18.2 Å². The minimum Gasteiger partial charge on any atom is -0.493 e. The molecule has 9 heteroatoms. The number of hydrogen-bond donors (Lipinski definition) is 0. The molecule has 0 N–H and O–H groups in total. The second kappa shape index (κ2) is 8.89. The molecule has 2 aromatic carbocycles. The number of methoxy groups -OCH3 is 1. The molecular weight excluding hydrogens is 476 g/mol. The summed E-state index contributed by atoms with van der Waals surface area (Å²) in [5, 5.41) is 0.589. The van der Waals surface area contributed by atoms with E-state index in [1.54, 1.807) is 18.2 Å². The van der Waals surface area contributed by atoms with Gasteiger partial charge in [0.15, 0.2) is 11.5 Å². The van der Waals surface area contributed by atoms with Gasteiger partial charge in [0.05, 0.1) is 11.6 Å². The smallest absolute Gasteiger partial charge is 0.333 e. The third-order valence-electron chi connectivity index (χ3n) is 4.54. The third-order valence-corrected chi connectivity index (χ3v) is 5.49. The number of carbonyl (C=O) groups is 3. The average Bonchev–Trinajstić information content (AvgIpc) is 2.74. The second-order valence-electron chi connectivity index (χ2n) is 6.48. The van der Waals surface area contributed by atoms with Crippen LogP contribution in [0.15, 0.2) is 46.4 Å². The van der Waals surface area contributed by atoms with Crippen molar-refractivity contribution in [2.75, 3.05) is 21.2 Å². The van der Waals surface area contributed by atoms with Gasteiger partial charge in [-0.25, -0.2) is 4.79 Å². The number of nitrogens with zero attached hydrogens (tertiary/aromatic N) is 2. The summed E-state index contributed by atoms with van der Waals surface area (Å²) in [7, 11) is 4.13. The zero-order valence-corrected chi connectivity index (χ0v) is 18.8. The van der Waals surface area contributed by atoms with Gasteiger partial charge in [0.1, 0.15) is 12.2 Å². The number of amides is 4. The number of urea groups is 1. The van der Waals surface area contributed by atoms with Gasteiger partial charge in [0.25, 0.3) is 11.8 Å². The Morgan fingerprint density at radius 3 is 2.30 bits per heavy atom. The van der Waals surface area contributed by atoms with E-state index >= 15 is 0 Å². The SMILES string of the molecule is COc1cc(C=C2C(=O)N(C)C(=O)N(C)C2=O)cc(Br)c1OCc1ccccc1Cl. The molecule has 0 radical (unpaired) electrons. The van der Waals surface area contributed by atoms with E-state index < -0.39 is 17.8 Å². The van der Waals surface area contributed by atoms with Crippen LogP contribution in [0, 0.1) is 0 Å². The van der Waals surface area contributed by atoms with Crippen LogP contribution in [-0.2, 0) is 16.2 Å². The van der Waals surface area contributed by atoms with Crippen LogP contribution in [0.3, 0.4) is 0 Å². The molecule has 7 nitrogen and oxygen atoms in total. The van der Waals surface area contributed by atoms with E-state index in [2.05, 4.69) is 15.9 Å². The van der Waals surface area contributed by atoms with Crippen molar-refractivity contribution >= 4 is 51.5 Å². The zero-order chi connectivity index (χ0) is 22.0. The maximum atomic E-state index is 12.4. The summed E-state index contributed by atoms with van der Waals surface area (Å²) in [6, 6.07) is 9.98. The molecule has 0 saturated carbocycles. The molecule has 30 heavy (non-hydrogen) atoms. The molecule has 1 aliphatic rings. The van der Waals surface area contributed by atoms with Gasteiger partial charge in [-0.1, -0.05) is 29.8 Å². The van der Waals surface area contributed by atoms with E-state index in [9.17, 15) is 14.4 Å². The number of hydrogen-bond acceptors (Lipinski definition) is 5. The van der Waals surface area contributed by atoms with Crippen LogP contribution in [0.1, 0.15) is 11.1 Å². The Labute approximate surface area is 186 Å². The minimum atomic E-state index is -0.677. The van der Waals surface area contributed by atoms with Crippen molar-refractivity contribution < 1.29 is 23.9 Å². The average molecular weight is 494 g/mol. The van der Waals surface area contributed by atoms with E-state index in [0.29, 0.717) is 26.6 Å². The lowest BCUT2D eigenvalue weighted by molar-refractivity contribution is -0.134. The van der Waals surface area contributed by atoms with Gasteiger partial charge in [0, 0.05) is 24.7 Å². The fourth-order valence-electron chi connectivity index (χ4n) is 2.87. The van der Waals surface area contributed by atoms with Gasteiger partial charge in [-0.3, -0.25) is 19.4 Å². The lowest BCUT2D eigenvalue weighted by Crippen LogP contribution is -2.52. The summed E-state index contributed by atoms with van der Waals surface area (Å²) in [5.41, 5.74) is 1.21. The topological polar surface area (TPSA) is 76.2 Å². The number of benzene rings is 2. The van der Waals surface area contributed by atoms with Gasteiger partial charge in [-0.05, 0) is 45.8 Å². The molecule has 1 saturated heterocycles. The van der Waals surface area contributed by atoms with Crippen molar-refractivity contribution in [1.29, 1.82) is 0 Å². The van der Waals surface area contributed by atoms with Gasteiger partial charge < -0.3 is 9.47 Å². The van der Waals surface area contributed by atoms with Crippen molar-refractivity contribution in [3.63, 3.8) is 0 Å².